The molecule has 0 bridgehead atoms. The van der Waals surface area contributed by atoms with Crippen LogP contribution in [0.4, 0.5) is 0 Å². The van der Waals surface area contributed by atoms with Crippen LogP contribution in [0.2, 0.25) is 0 Å². The Balaban J connectivity index is -0.000000353. The van der Waals surface area contributed by atoms with E-state index in [0.717, 1.165) is 5.56 Å². The van der Waals surface area contributed by atoms with Gasteiger partial charge in [-0.2, -0.15) is 35.4 Å². The van der Waals surface area contributed by atoms with Crippen LogP contribution < -0.4 is 4.74 Å². The molecule has 0 spiro atoms. The van der Waals surface area contributed by atoms with Crippen LogP contribution >= 0.6 is 0 Å². The molecule has 3 rings (SSSR count). The fraction of sp³-hybridized carbons (Fsp3) is 0.348. The second-order valence-electron chi connectivity index (χ2n) is 4.25. The van der Waals surface area contributed by atoms with Crippen LogP contribution in [0.15, 0.2) is 66.9 Å². The predicted octanol–water partition coefficient (Wildman–Crippen LogP) is 6.86. The monoisotopic (exact) mass is 444 g/mol. The van der Waals surface area contributed by atoms with Crippen LogP contribution in [0.1, 0.15) is 52.7 Å². The number of H-pyrrole nitrogens is 1. The molecule has 1 N–H and O–H groups in total. The molecular formula is C23H35N2OY-. The molecule has 3 aromatic rings. The van der Waals surface area contributed by atoms with Gasteiger partial charge in [-0.25, -0.2) is 5.10 Å². The van der Waals surface area contributed by atoms with Crippen molar-refractivity contribution in [1.29, 1.82) is 0 Å². The Labute approximate surface area is 191 Å². The quantitative estimate of drug-likeness (QED) is 0.448. The number of hydrogen-bond acceptors (Lipinski definition) is 2. The molecule has 0 aliphatic rings. The molecule has 27 heavy (non-hydrogen) atoms. The third-order valence-electron chi connectivity index (χ3n) is 2.57. The third kappa shape index (κ3) is 17.7. The van der Waals surface area contributed by atoms with E-state index in [1.165, 1.54) is 5.56 Å². The van der Waals surface area contributed by atoms with E-state index in [4.69, 9.17) is 4.74 Å². The van der Waals surface area contributed by atoms with Gasteiger partial charge in [0.05, 0.1) is 12.8 Å². The number of nitrogens with one attached hydrogen (secondary N) is 1. The molecule has 3 nitrogen and oxygen atoms in total. The zero-order valence-corrected chi connectivity index (χ0v) is 20.8. The molecule has 0 atom stereocenters. The summed E-state index contributed by atoms with van der Waals surface area (Å²) in [4.78, 5) is 0. The van der Waals surface area contributed by atoms with Gasteiger partial charge < -0.3 is 4.74 Å². The largest absolute Gasteiger partial charge is 0.475 e. The molecule has 147 valence electrons. The maximum absolute atomic E-state index is 5.38. The van der Waals surface area contributed by atoms with E-state index in [-0.39, 0.29) is 32.7 Å². The predicted molar refractivity (Wildman–Crippen MR) is 113 cm³/mol. The van der Waals surface area contributed by atoms with Gasteiger partial charge in [0.15, 0.2) is 0 Å². The summed E-state index contributed by atoms with van der Waals surface area (Å²) in [5, 5.41) is 6.50. The van der Waals surface area contributed by atoms with Gasteiger partial charge in [-0.3, -0.25) is 0 Å². The number of aromatic nitrogens is 2. The van der Waals surface area contributed by atoms with Crippen molar-refractivity contribution >= 4 is 0 Å². The van der Waals surface area contributed by atoms with Crippen LogP contribution in [0.5, 0.6) is 5.88 Å². The summed E-state index contributed by atoms with van der Waals surface area (Å²) in [6.07, 6.45) is 1.66. The van der Waals surface area contributed by atoms with E-state index in [2.05, 4.69) is 35.3 Å². The summed E-state index contributed by atoms with van der Waals surface area (Å²) in [7, 11) is 0. The fourth-order valence-corrected chi connectivity index (χ4v) is 1.53. The number of aromatic amines is 1. The Kier molecular flexibility index (Phi) is 27.5. The Morgan fingerprint density at radius 2 is 1.44 bits per heavy atom. The molecule has 0 aliphatic heterocycles. The fourth-order valence-electron chi connectivity index (χ4n) is 1.53. The first-order valence-corrected chi connectivity index (χ1v) is 9.44. The van der Waals surface area contributed by atoms with Crippen molar-refractivity contribution in [3.63, 3.8) is 0 Å². The summed E-state index contributed by atoms with van der Waals surface area (Å²) >= 11 is 0. The first-order valence-electron chi connectivity index (χ1n) is 9.44. The second-order valence-corrected chi connectivity index (χ2v) is 4.25. The maximum atomic E-state index is 5.38. The molecule has 1 radical (unpaired) electrons. The number of nitrogens with zero attached hydrogens (tertiary/aromatic N) is 1. The molecule has 1 aromatic heterocycles. The van der Waals surface area contributed by atoms with Crippen molar-refractivity contribution in [2.45, 2.75) is 55.1 Å². The van der Waals surface area contributed by atoms with E-state index >= 15 is 0 Å². The van der Waals surface area contributed by atoms with Crippen molar-refractivity contribution in [1.82, 2.24) is 10.2 Å². The second kappa shape index (κ2) is 24.6. The van der Waals surface area contributed by atoms with Crippen LogP contribution in [0.25, 0.3) is 0 Å². The van der Waals surface area contributed by atoms with Gasteiger partial charge in [0, 0.05) is 38.8 Å². The summed E-state index contributed by atoms with van der Waals surface area (Å²) < 4.78 is 5.38. The van der Waals surface area contributed by atoms with Crippen molar-refractivity contribution in [3.05, 3.63) is 84.1 Å². The molecule has 2 aromatic carbocycles. The summed E-state index contributed by atoms with van der Waals surface area (Å²) in [6.45, 7) is 14.6. The summed E-state index contributed by atoms with van der Waals surface area (Å²) in [6, 6.07) is 22.8. The van der Waals surface area contributed by atoms with E-state index in [9.17, 15) is 0 Å². The minimum Gasteiger partial charge on any atom is -0.475 e. The third-order valence-corrected chi connectivity index (χ3v) is 2.57. The zero-order chi connectivity index (χ0) is 20.0. The van der Waals surface area contributed by atoms with E-state index in [1.54, 1.807) is 12.3 Å². The first-order chi connectivity index (χ1) is 12.8. The van der Waals surface area contributed by atoms with Gasteiger partial charge >= 0.3 is 0 Å². The number of aryl methyl sites for hydroxylation is 1. The van der Waals surface area contributed by atoms with Crippen LogP contribution in [-0.4, -0.2) is 10.2 Å². The minimum absolute atomic E-state index is 0. The van der Waals surface area contributed by atoms with Crippen molar-refractivity contribution in [3.8, 4) is 5.88 Å². The van der Waals surface area contributed by atoms with E-state index in [0.29, 0.717) is 12.5 Å². The Morgan fingerprint density at radius 3 is 1.85 bits per heavy atom. The molecule has 0 saturated heterocycles. The molecule has 0 aliphatic carbocycles. The number of benzene rings is 2. The molecule has 0 saturated carbocycles. The maximum Gasteiger partial charge on any atom is 0.209 e. The molecule has 4 heteroatoms. The SMILES string of the molecule is CC.CC.CC.Cc1ccccc1.[Y].[c-]1ccccc1COc1ccn[nH]1. The smallest absolute Gasteiger partial charge is 0.209 e. The average molecular weight is 444 g/mol. The number of rotatable bonds is 3. The van der Waals surface area contributed by atoms with Crippen molar-refractivity contribution < 1.29 is 37.4 Å². The van der Waals surface area contributed by atoms with Gasteiger partial charge in [0.25, 0.3) is 0 Å². The van der Waals surface area contributed by atoms with Crippen LogP contribution in [0, 0.1) is 13.0 Å². The standard InChI is InChI=1S/C10H9N2O.C7H8.3C2H6.Y/c1-2-4-9(5-3-1)8-13-10-6-7-11-12-10;1-7-5-3-2-4-6-7;3*1-2;/h1-4,6-7H,8H2,(H,11,12);2-6H,1H3;3*1-2H3;/q-1;;;;;. The summed E-state index contributed by atoms with van der Waals surface area (Å²) in [5.41, 5.74) is 2.35. The number of ether oxygens (including phenoxy) is 1. The Morgan fingerprint density at radius 1 is 0.852 bits per heavy atom. The van der Waals surface area contributed by atoms with Gasteiger partial charge in [-0.15, -0.1) is 5.56 Å². The molecule has 0 amide bonds. The van der Waals surface area contributed by atoms with E-state index in [1.807, 2.05) is 84.0 Å². The first kappa shape index (κ1) is 30.3. The van der Waals surface area contributed by atoms with Crippen LogP contribution in [0.3, 0.4) is 0 Å². The van der Waals surface area contributed by atoms with E-state index < -0.39 is 0 Å². The Hall–Kier alpha value is -1.45. The average Bonchev–Trinajstić information content (AvgIpc) is 3.27. The topological polar surface area (TPSA) is 37.9 Å². The van der Waals surface area contributed by atoms with Crippen molar-refractivity contribution in [2.24, 2.45) is 0 Å². The zero-order valence-electron chi connectivity index (χ0n) is 18.0. The Bertz CT molecular complexity index is 584. The van der Waals surface area contributed by atoms with Gasteiger partial charge in [0.1, 0.15) is 0 Å². The minimum atomic E-state index is 0. The molecule has 1 heterocycles. The van der Waals surface area contributed by atoms with Crippen LogP contribution in [-0.2, 0) is 39.3 Å². The van der Waals surface area contributed by atoms with Gasteiger partial charge in [-0.1, -0.05) is 77.4 Å². The molecular weight excluding hydrogens is 409 g/mol. The van der Waals surface area contributed by atoms with Gasteiger partial charge in [0.2, 0.25) is 5.88 Å². The van der Waals surface area contributed by atoms with Gasteiger partial charge in [-0.05, 0) is 6.92 Å². The van der Waals surface area contributed by atoms with Crippen molar-refractivity contribution in [2.75, 3.05) is 0 Å². The number of hydrogen-bond donors (Lipinski definition) is 1. The summed E-state index contributed by atoms with van der Waals surface area (Å²) in [5.74, 6) is 0.678. The normalized spacial score (nSPS) is 7.67. The molecule has 0 fully saturated rings. The molecule has 0 unspecified atom stereocenters.